The van der Waals surface area contributed by atoms with E-state index < -0.39 is 5.97 Å². The molecule has 1 aliphatic rings. The number of aliphatic carboxylic acids is 1. The summed E-state index contributed by atoms with van der Waals surface area (Å²) < 4.78 is 2.05. The molecule has 7 heteroatoms. The highest BCUT2D eigenvalue weighted by Crippen LogP contribution is 2.26. The summed E-state index contributed by atoms with van der Waals surface area (Å²) in [6.07, 6.45) is 6.53. The van der Waals surface area contributed by atoms with E-state index in [1.54, 1.807) is 0 Å². The van der Waals surface area contributed by atoms with Gasteiger partial charge in [0.05, 0.1) is 13.0 Å². The zero-order valence-corrected chi connectivity index (χ0v) is 14.9. The van der Waals surface area contributed by atoms with Crippen molar-refractivity contribution < 1.29 is 9.90 Å². The van der Waals surface area contributed by atoms with Gasteiger partial charge in [0, 0.05) is 49.7 Å². The van der Waals surface area contributed by atoms with Gasteiger partial charge in [0.1, 0.15) is 11.6 Å². The molecule has 1 fully saturated rings. The van der Waals surface area contributed by atoms with Crippen molar-refractivity contribution in [3.05, 3.63) is 41.5 Å². The van der Waals surface area contributed by atoms with Crippen LogP contribution >= 0.6 is 0 Å². The number of aryl methyl sites for hydroxylation is 3. The van der Waals surface area contributed by atoms with Crippen LogP contribution in [0.15, 0.2) is 18.5 Å². The van der Waals surface area contributed by atoms with Gasteiger partial charge in [0.2, 0.25) is 0 Å². The number of hydrogen-bond acceptors (Lipinski definition) is 5. The summed E-state index contributed by atoms with van der Waals surface area (Å²) in [4.78, 5) is 26.9. The lowest BCUT2D eigenvalue weighted by Gasteiger charge is -2.31. The lowest BCUT2D eigenvalue weighted by Crippen LogP contribution is -2.35. The van der Waals surface area contributed by atoms with E-state index in [1.165, 1.54) is 0 Å². The highest BCUT2D eigenvalue weighted by molar-refractivity contribution is 5.66. The number of carboxylic acids is 1. The van der Waals surface area contributed by atoms with Gasteiger partial charge in [-0.25, -0.2) is 15.0 Å². The van der Waals surface area contributed by atoms with E-state index in [0.29, 0.717) is 6.42 Å². The van der Waals surface area contributed by atoms with Crippen LogP contribution < -0.4 is 0 Å². The molecule has 0 amide bonds. The summed E-state index contributed by atoms with van der Waals surface area (Å²) in [6, 6.07) is 1.89. The van der Waals surface area contributed by atoms with Crippen LogP contribution in [0.5, 0.6) is 0 Å². The predicted molar refractivity (Wildman–Crippen MR) is 93.2 cm³/mol. The van der Waals surface area contributed by atoms with Gasteiger partial charge in [-0.3, -0.25) is 9.69 Å². The van der Waals surface area contributed by atoms with Crippen molar-refractivity contribution in [3.8, 4) is 0 Å². The summed E-state index contributed by atoms with van der Waals surface area (Å²) in [5, 5.41) is 8.88. The van der Waals surface area contributed by atoms with Crippen molar-refractivity contribution in [1.82, 2.24) is 24.4 Å². The Morgan fingerprint density at radius 2 is 2.24 bits per heavy atom. The SMILES string of the molecule is Cc1cc(CCC(=O)O)nc(C2CCCN(Cc3nccn3C)C2)n1. The second kappa shape index (κ2) is 7.74. The van der Waals surface area contributed by atoms with Gasteiger partial charge in [-0.15, -0.1) is 0 Å². The molecule has 0 aromatic carbocycles. The van der Waals surface area contributed by atoms with Crippen LogP contribution in [0, 0.1) is 6.92 Å². The van der Waals surface area contributed by atoms with E-state index in [0.717, 1.165) is 55.5 Å². The maximum Gasteiger partial charge on any atom is 0.303 e. The molecule has 0 radical (unpaired) electrons. The number of piperidine rings is 1. The molecule has 25 heavy (non-hydrogen) atoms. The van der Waals surface area contributed by atoms with Gasteiger partial charge in [0.15, 0.2) is 0 Å². The second-order valence-corrected chi connectivity index (χ2v) is 6.78. The first-order valence-corrected chi connectivity index (χ1v) is 8.76. The van der Waals surface area contributed by atoms with Crippen LogP contribution in [-0.4, -0.2) is 48.6 Å². The molecule has 0 aliphatic carbocycles. The molecule has 3 heterocycles. The molecule has 0 spiro atoms. The first-order valence-electron chi connectivity index (χ1n) is 8.76. The van der Waals surface area contributed by atoms with Crippen molar-refractivity contribution >= 4 is 5.97 Å². The largest absolute Gasteiger partial charge is 0.481 e. The first kappa shape index (κ1) is 17.5. The number of hydrogen-bond donors (Lipinski definition) is 1. The molecule has 2 aromatic rings. The smallest absolute Gasteiger partial charge is 0.303 e. The average Bonchev–Trinajstić information content (AvgIpc) is 2.98. The number of likely N-dealkylation sites (tertiary alicyclic amines) is 1. The Balaban J connectivity index is 1.70. The normalized spacial score (nSPS) is 18.4. The summed E-state index contributed by atoms with van der Waals surface area (Å²) in [5.74, 6) is 1.41. The number of carboxylic acid groups (broad SMARTS) is 1. The third-order valence-corrected chi connectivity index (χ3v) is 4.68. The van der Waals surface area contributed by atoms with Gasteiger partial charge < -0.3 is 9.67 Å². The Morgan fingerprint density at radius 3 is 2.96 bits per heavy atom. The molecule has 1 aliphatic heterocycles. The highest BCUT2D eigenvalue weighted by Gasteiger charge is 2.24. The van der Waals surface area contributed by atoms with Crippen molar-refractivity contribution in [2.45, 2.75) is 45.1 Å². The summed E-state index contributed by atoms with van der Waals surface area (Å²) >= 11 is 0. The topological polar surface area (TPSA) is 84.1 Å². The lowest BCUT2D eigenvalue weighted by molar-refractivity contribution is -0.136. The minimum atomic E-state index is -0.795. The van der Waals surface area contributed by atoms with E-state index >= 15 is 0 Å². The van der Waals surface area contributed by atoms with Gasteiger partial charge >= 0.3 is 5.97 Å². The van der Waals surface area contributed by atoms with Gasteiger partial charge in [-0.05, 0) is 32.4 Å². The fourth-order valence-electron chi connectivity index (χ4n) is 3.36. The van der Waals surface area contributed by atoms with Crippen molar-refractivity contribution in [2.24, 2.45) is 7.05 Å². The number of nitrogens with zero attached hydrogens (tertiary/aromatic N) is 5. The lowest BCUT2D eigenvalue weighted by atomic mass is 9.96. The third-order valence-electron chi connectivity index (χ3n) is 4.68. The minimum absolute atomic E-state index is 0.103. The third kappa shape index (κ3) is 4.63. The molecule has 134 valence electrons. The fraction of sp³-hybridized carbons (Fsp3) is 0.556. The van der Waals surface area contributed by atoms with E-state index in [9.17, 15) is 4.79 Å². The summed E-state index contributed by atoms with van der Waals surface area (Å²) in [5.41, 5.74) is 1.73. The molecular formula is C18H25N5O2. The molecule has 1 saturated heterocycles. The Hall–Kier alpha value is -2.28. The second-order valence-electron chi connectivity index (χ2n) is 6.78. The molecule has 1 unspecified atom stereocenters. The van der Waals surface area contributed by atoms with Crippen LogP contribution in [0.25, 0.3) is 0 Å². The van der Waals surface area contributed by atoms with E-state index in [1.807, 2.05) is 32.4 Å². The summed E-state index contributed by atoms with van der Waals surface area (Å²) in [6.45, 7) is 4.75. The van der Waals surface area contributed by atoms with E-state index in [2.05, 4.69) is 24.4 Å². The molecule has 0 bridgehead atoms. The van der Waals surface area contributed by atoms with Crippen molar-refractivity contribution in [1.29, 1.82) is 0 Å². The zero-order chi connectivity index (χ0) is 17.8. The van der Waals surface area contributed by atoms with Crippen LogP contribution in [0.1, 0.15) is 48.2 Å². The fourth-order valence-corrected chi connectivity index (χ4v) is 3.36. The Labute approximate surface area is 147 Å². The first-order chi connectivity index (χ1) is 12.0. The predicted octanol–water partition coefficient (Wildman–Crippen LogP) is 1.92. The number of carbonyl (C=O) groups is 1. The molecule has 1 N–H and O–H groups in total. The van der Waals surface area contributed by atoms with E-state index in [-0.39, 0.29) is 12.3 Å². The van der Waals surface area contributed by atoms with Gasteiger partial charge in [-0.1, -0.05) is 0 Å². The number of imidazole rings is 1. The minimum Gasteiger partial charge on any atom is -0.481 e. The molecule has 7 nitrogen and oxygen atoms in total. The van der Waals surface area contributed by atoms with Gasteiger partial charge in [-0.2, -0.15) is 0 Å². The maximum atomic E-state index is 10.8. The Bertz CT molecular complexity index is 743. The molecule has 0 saturated carbocycles. The maximum absolute atomic E-state index is 10.8. The Morgan fingerprint density at radius 1 is 1.40 bits per heavy atom. The zero-order valence-electron chi connectivity index (χ0n) is 14.9. The standard InChI is InChI=1S/C18H25N5O2/c1-13-10-15(5-6-17(24)25)21-18(20-13)14-4-3-8-23(11-14)12-16-19-7-9-22(16)2/h7,9-10,14H,3-6,8,11-12H2,1-2H3,(H,24,25). The molecule has 2 aromatic heterocycles. The Kier molecular flexibility index (Phi) is 5.43. The molecule has 3 rings (SSSR count). The van der Waals surface area contributed by atoms with Crippen molar-refractivity contribution in [3.63, 3.8) is 0 Å². The number of aromatic nitrogens is 4. The monoisotopic (exact) mass is 343 g/mol. The van der Waals surface area contributed by atoms with Crippen LogP contribution in [-0.2, 0) is 24.8 Å². The quantitative estimate of drug-likeness (QED) is 0.862. The number of rotatable bonds is 6. The molecular weight excluding hydrogens is 318 g/mol. The van der Waals surface area contributed by atoms with Crippen LogP contribution in [0.3, 0.4) is 0 Å². The van der Waals surface area contributed by atoms with Crippen LogP contribution in [0.4, 0.5) is 0 Å². The average molecular weight is 343 g/mol. The van der Waals surface area contributed by atoms with E-state index in [4.69, 9.17) is 5.11 Å². The molecule has 1 atom stereocenters. The van der Waals surface area contributed by atoms with Gasteiger partial charge in [0.25, 0.3) is 0 Å². The summed E-state index contributed by atoms with van der Waals surface area (Å²) in [7, 11) is 2.02. The van der Waals surface area contributed by atoms with Crippen molar-refractivity contribution in [2.75, 3.05) is 13.1 Å². The highest BCUT2D eigenvalue weighted by atomic mass is 16.4. The van der Waals surface area contributed by atoms with Crippen LogP contribution in [0.2, 0.25) is 0 Å².